The van der Waals surface area contributed by atoms with Gasteiger partial charge in [-0.1, -0.05) is 23.8 Å². The zero-order valence-electron chi connectivity index (χ0n) is 9.35. The Balaban J connectivity index is 2.12. The summed E-state index contributed by atoms with van der Waals surface area (Å²) in [6.07, 6.45) is -0.176. The zero-order valence-corrected chi connectivity index (χ0v) is 9.35. The summed E-state index contributed by atoms with van der Waals surface area (Å²) in [5, 5.41) is 3.24. The third-order valence-corrected chi connectivity index (χ3v) is 2.81. The van der Waals surface area contributed by atoms with E-state index in [1.807, 2.05) is 6.08 Å². The molecule has 1 nitrogen and oxygen atoms in total. The van der Waals surface area contributed by atoms with Crippen LogP contribution in [0.15, 0.2) is 29.8 Å². The molecule has 0 amide bonds. The monoisotopic (exact) mass is 241 g/mol. The predicted molar refractivity (Wildman–Crippen MR) is 61.5 cm³/mol. The highest BCUT2D eigenvalue weighted by Crippen LogP contribution is 2.29. The molecule has 1 aromatic carbocycles. The maximum absolute atomic E-state index is 12.4. The van der Waals surface area contributed by atoms with Gasteiger partial charge in [0, 0.05) is 6.54 Å². The van der Waals surface area contributed by atoms with Crippen molar-refractivity contribution in [1.82, 2.24) is 5.32 Å². The molecule has 0 radical (unpaired) electrons. The van der Waals surface area contributed by atoms with Gasteiger partial charge in [0.25, 0.3) is 0 Å². The molecular weight excluding hydrogens is 227 g/mol. The Morgan fingerprint density at radius 3 is 2.35 bits per heavy atom. The Bertz CT molecular complexity index is 396. The molecular formula is C13H14F3N. The average molecular weight is 241 g/mol. The number of hydrogen-bond donors (Lipinski definition) is 1. The van der Waals surface area contributed by atoms with Crippen LogP contribution in [0.5, 0.6) is 0 Å². The lowest BCUT2D eigenvalue weighted by atomic mass is 10.0. The van der Waals surface area contributed by atoms with E-state index in [1.165, 1.54) is 17.7 Å². The van der Waals surface area contributed by atoms with E-state index in [9.17, 15) is 13.2 Å². The number of rotatable bonds is 1. The van der Waals surface area contributed by atoms with Crippen LogP contribution in [-0.4, -0.2) is 13.1 Å². The first-order valence-corrected chi connectivity index (χ1v) is 5.63. The predicted octanol–water partition coefficient (Wildman–Crippen LogP) is 3.47. The number of piperidine rings is 1. The van der Waals surface area contributed by atoms with Gasteiger partial charge in [-0.15, -0.1) is 0 Å². The average Bonchev–Trinajstić information content (AvgIpc) is 2.30. The lowest BCUT2D eigenvalue weighted by molar-refractivity contribution is -0.137. The molecule has 0 atom stereocenters. The smallest absolute Gasteiger partial charge is 0.313 e. The molecule has 1 aliphatic heterocycles. The molecule has 1 aliphatic rings. The van der Waals surface area contributed by atoms with Crippen LogP contribution >= 0.6 is 0 Å². The molecule has 2 rings (SSSR count). The van der Waals surface area contributed by atoms with Crippen LogP contribution in [0.1, 0.15) is 24.0 Å². The van der Waals surface area contributed by atoms with Gasteiger partial charge in [-0.05, 0) is 37.1 Å². The van der Waals surface area contributed by atoms with Crippen LogP contribution in [0, 0.1) is 0 Å². The Hall–Kier alpha value is -1.29. The highest BCUT2D eigenvalue weighted by atomic mass is 19.4. The van der Waals surface area contributed by atoms with E-state index < -0.39 is 11.7 Å². The summed E-state index contributed by atoms with van der Waals surface area (Å²) in [6.45, 7) is 1.85. The van der Waals surface area contributed by atoms with Crippen molar-refractivity contribution in [2.45, 2.75) is 19.0 Å². The second-order valence-corrected chi connectivity index (χ2v) is 4.20. The molecule has 1 saturated heterocycles. The van der Waals surface area contributed by atoms with Crippen molar-refractivity contribution < 1.29 is 13.2 Å². The molecule has 0 unspecified atom stereocenters. The fourth-order valence-corrected chi connectivity index (χ4v) is 1.91. The van der Waals surface area contributed by atoms with Crippen molar-refractivity contribution in [3.05, 3.63) is 41.0 Å². The van der Waals surface area contributed by atoms with Gasteiger partial charge in [-0.25, -0.2) is 0 Å². The summed E-state index contributed by atoms with van der Waals surface area (Å²) in [7, 11) is 0. The van der Waals surface area contributed by atoms with Crippen molar-refractivity contribution in [2.24, 2.45) is 0 Å². The standard InChI is InChI=1S/C13H14F3N/c14-13(15,16)12-5-3-10(4-6-12)8-11-2-1-7-17-9-11/h3-6,8,17H,1-2,7,9H2. The van der Waals surface area contributed by atoms with Crippen LogP contribution in [0.25, 0.3) is 6.08 Å². The summed E-state index contributed by atoms with van der Waals surface area (Å²) in [5.41, 5.74) is 1.48. The van der Waals surface area contributed by atoms with Crippen LogP contribution in [0.3, 0.4) is 0 Å². The summed E-state index contributed by atoms with van der Waals surface area (Å²) >= 11 is 0. The molecule has 0 bridgehead atoms. The Morgan fingerprint density at radius 2 is 1.82 bits per heavy atom. The van der Waals surface area contributed by atoms with Crippen LogP contribution in [0.2, 0.25) is 0 Å². The molecule has 0 aromatic heterocycles. The van der Waals surface area contributed by atoms with Crippen molar-refractivity contribution in [2.75, 3.05) is 13.1 Å². The molecule has 0 saturated carbocycles. The second-order valence-electron chi connectivity index (χ2n) is 4.20. The number of hydrogen-bond acceptors (Lipinski definition) is 1. The van der Waals surface area contributed by atoms with Crippen LogP contribution in [0.4, 0.5) is 13.2 Å². The second kappa shape index (κ2) is 4.92. The third kappa shape index (κ3) is 3.33. The van der Waals surface area contributed by atoms with E-state index in [1.54, 1.807) is 0 Å². The summed E-state index contributed by atoms with van der Waals surface area (Å²) < 4.78 is 37.1. The maximum atomic E-state index is 12.4. The molecule has 0 aliphatic carbocycles. The molecule has 92 valence electrons. The third-order valence-electron chi connectivity index (χ3n) is 2.81. The minimum atomic E-state index is -4.25. The van der Waals surface area contributed by atoms with Gasteiger partial charge in [-0.2, -0.15) is 13.2 Å². The lowest BCUT2D eigenvalue weighted by Crippen LogP contribution is -2.23. The van der Waals surface area contributed by atoms with E-state index in [-0.39, 0.29) is 0 Å². The van der Waals surface area contributed by atoms with Crippen molar-refractivity contribution in [1.29, 1.82) is 0 Å². The van der Waals surface area contributed by atoms with Crippen molar-refractivity contribution >= 4 is 6.08 Å². The van der Waals surface area contributed by atoms with Gasteiger partial charge < -0.3 is 5.32 Å². The normalized spacial score (nSPS) is 19.6. The highest BCUT2D eigenvalue weighted by molar-refractivity contribution is 5.54. The van der Waals surface area contributed by atoms with E-state index in [0.29, 0.717) is 0 Å². The van der Waals surface area contributed by atoms with Gasteiger partial charge in [0.15, 0.2) is 0 Å². The molecule has 4 heteroatoms. The van der Waals surface area contributed by atoms with E-state index in [0.717, 1.165) is 43.6 Å². The minimum Gasteiger partial charge on any atom is -0.313 e. The Kier molecular flexibility index (Phi) is 3.52. The van der Waals surface area contributed by atoms with Gasteiger partial charge >= 0.3 is 6.18 Å². The minimum absolute atomic E-state index is 0.596. The van der Waals surface area contributed by atoms with Gasteiger partial charge in [0.2, 0.25) is 0 Å². The fourth-order valence-electron chi connectivity index (χ4n) is 1.91. The van der Waals surface area contributed by atoms with Crippen molar-refractivity contribution in [3.8, 4) is 0 Å². The number of benzene rings is 1. The number of alkyl halides is 3. The molecule has 0 spiro atoms. The first kappa shape index (κ1) is 12.2. The van der Waals surface area contributed by atoms with Gasteiger partial charge in [0.05, 0.1) is 5.56 Å². The topological polar surface area (TPSA) is 12.0 Å². The number of halogens is 3. The van der Waals surface area contributed by atoms with Gasteiger partial charge in [-0.3, -0.25) is 0 Å². The largest absolute Gasteiger partial charge is 0.416 e. The molecule has 1 N–H and O–H groups in total. The quantitative estimate of drug-likeness (QED) is 0.793. The Morgan fingerprint density at radius 1 is 1.12 bits per heavy atom. The first-order valence-electron chi connectivity index (χ1n) is 5.63. The lowest BCUT2D eigenvalue weighted by Gasteiger charge is -2.15. The van der Waals surface area contributed by atoms with Gasteiger partial charge in [0.1, 0.15) is 0 Å². The van der Waals surface area contributed by atoms with Crippen LogP contribution < -0.4 is 5.32 Å². The molecule has 1 heterocycles. The SMILES string of the molecule is FC(F)(F)c1ccc(C=C2CCCNC2)cc1. The van der Waals surface area contributed by atoms with E-state index in [4.69, 9.17) is 0 Å². The summed E-state index contributed by atoms with van der Waals surface area (Å²) in [5.74, 6) is 0. The first-order chi connectivity index (χ1) is 8.05. The van der Waals surface area contributed by atoms with Crippen LogP contribution in [-0.2, 0) is 6.18 Å². The zero-order chi connectivity index (χ0) is 12.3. The summed E-state index contributed by atoms with van der Waals surface area (Å²) in [6, 6.07) is 5.29. The fraction of sp³-hybridized carbons (Fsp3) is 0.385. The highest BCUT2D eigenvalue weighted by Gasteiger charge is 2.29. The maximum Gasteiger partial charge on any atom is 0.416 e. The van der Waals surface area contributed by atoms with E-state index in [2.05, 4.69) is 5.32 Å². The molecule has 17 heavy (non-hydrogen) atoms. The van der Waals surface area contributed by atoms with Crippen molar-refractivity contribution in [3.63, 3.8) is 0 Å². The molecule has 1 aromatic rings. The Labute approximate surface area is 98.3 Å². The summed E-state index contributed by atoms with van der Waals surface area (Å²) in [4.78, 5) is 0. The van der Waals surface area contributed by atoms with E-state index >= 15 is 0 Å². The molecule has 1 fully saturated rings. The number of nitrogens with one attached hydrogen (secondary N) is 1.